The van der Waals surface area contributed by atoms with Crippen molar-refractivity contribution in [2.24, 2.45) is 0 Å². The molecule has 0 bridgehead atoms. The lowest BCUT2D eigenvalue weighted by molar-refractivity contribution is 0.181. The highest BCUT2D eigenvalue weighted by Gasteiger charge is 2.20. The van der Waals surface area contributed by atoms with Crippen LogP contribution in [0, 0.1) is 5.82 Å². The van der Waals surface area contributed by atoms with Crippen molar-refractivity contribution in [3.63, 3.8) is 0 Å². The summed E-state index contributed by atoms with van der Waals surface area (Å²) in [6.45, 7) is -0.268. The monoisotopic (exact) mass is 285 g/mol. The second kappa shape index (κ2) is 5.52. The van der Waals surface area contributed by atoms with Gasteiger partial charge in [-0.05, 0) is 18.2 Å². The van der Waals surface area contributed by atoms with E-state index in [1.54, 1.807) is 0 Å². The molecule has 0 aliphatic rings. The molecule has 19 heavy (non-hydrogen) atoms. The SMILES string of the molecule is O=S(=O)(NC[C@@H](O)c1ccoc1)c1ccccc1F. The summed E-state index contributed by atoms with van der Waals surface area (Å²) in [5, 5.41) is 9.71. The van der Waals surface area contributed by atoms with Crippen molar-refractivity contribution in [2.45, 2.75) is 11.0 Å². The fourth-order valence-electron chi connectivity index (χ4n) is 1.51. The predicted molar refractivity (Wildman–Crippen MR) is 65.3 cm³/mol. The number of furan rings is 1. The fourth-order valence-corrected chi connectivity index (χ4v) is 2.63. The van der Waals surface area contributed by atoms with E-state index in [0.717, 1.165) is 12.1 Å². The average Bonchev–Trinajstić information content (AvgIpc) is 2.90. The van der Waals surface area contributed by atoms with Crippen LogP contribution in [0.25, 0.3) is 0 Å². The Labute approximate surface area is 109 Å². The van der Waals surface area contributed by atoms with E-state index in [4.69, 9.17) is 4.42 Å². The van der Waals surface area contributed by atoms with Crippen LogP contribution in [0.3, 0.4) is 0 Å². The van der Waals surface area contributed by atoms with Crippen molar-refractivity contribution in [1.29, 1.82) is 0 Å². The molecule has 0 aliphatic carbocycles. The summed E-state index contributed by atoms with van der Waals surface area (Å²) in [6.07, 6.45) is 1.62. The molecule has 2 N–H and O–H groups in total. The van der Waals surface area contributed by atoms with Crippen molar-refractivity contribution in [3.8, 4) is 0 Å². The summed E-state index contributed by atoms with van der Waals surface area (Å²) in [5.41, 5.74) is 0.441. The van der Waals surface area contributed by atoms with Crippen molar-refractivity contribution < 1.29 is 22.3 Å². The quantitative estimate of drug-likeness (QED) is 0.871. The van der Waals surface area contributed by atoms with E-state index in [1.807, 2.05) is 0 Å². The number of aliphatic hydroxyl groups is 1. The summed E-state index contributed by atoms with van der Waals surface area (Å²) in [6, 6.07) is 6.55. The highest BCUT2D eigenvalue weighted by atomic mass is 32.2. The molecular weight excluding hydrogens is 273 g/mol. The molecule has 102 valence electrons. The van der Waals surface area contributed by atoms with E-state index in [2.05, 4.69) is 4.72 Å². The predicted octanol–water partition coefficient (Wildman–Crippen LogP) is 1.43. The number of sulfonamides is 1. The topological polar surface area (TPSA) is 79.5 Å². The minimum Gasteiger partial charge on any atom is -0.472 e. The normalized spacial score (nSPS) is 13.4. The first-order valence-corrected chi connectivity index (χ1v) is 6.93. The van der Waals surface area contributed by atoms with Crippen LogP contribution < -0.4 is 4.72 Å². The summed E-state index contributed by atoms with van der Waals surface area (Å²) in [4.78, 5) is -0.450. The molecule has 0 fully saturated rings. The molecule has 1 aromatic heterocycles. The number of benzene rings is 1. The molecule has 2 aromatic rings. The van der Waals surface area contributed by atoms with E-state index < -0.39 is 26.8 Å². The molecule has 2 rings (SSSR count). The summed E-state index contributed by atoms with van der Waals surface area (Å²) < 4.78 is 44.0. The summed E-state index contributed by atoms with van der Waals surface area (Å²) in [5.74, 6) is -0.840. The molecule has 1 heterocycles. The Kier molecular flexibility index (Phi) is 3.98. The molecule has 0 radical (unpaired) electrons. The zero-order valence-electron chi connectivity index (χ0n) is 9.78. The maximum atomic E-state index is 13.4. The van der Waals surface area contributed by atoms with Crippen molar-refractivity contribution in [2.75, 3.05) is 6.54 Å². The van der Waals surface area contributed by atoms with E-state index in [1.165, 1.54) is 30.7 Å². The van der Waals surface area contributed by atoms with Gasteiger partial charge < -0.3 is 9.52 Å². The summed E-state index contributed by atoms with van der Waals surface area (Å²) >= 11 is 0. The lowest BCUT2D eigenvalue weighted by Crippen LogP contribution is -2.29. The molecule has 1 atom stereocenters. The van der Waals surface area contributed by atoms with Gasteiger partial charge in [0.2, 0.25) is 10.0 Å². The maximum Gasteiger partial charge on any atom is 0.243 e. The Morgan fingerprint density at radius 2 is 2.05 bits per heavy atom. The minimum absolute atomic E-state index is 0.268. The highest BCUT2D eigenvalue weighted by Crippen LogP contribution is 2.16. The van der Waals surface area contributed by atoms with E-state index in [9.17, 15) is 17.9 Å². The van der Waals surface area contributed by atoms with Gasteiger partial charge in [0.05, 0.1) is 18.6 Å². The Morgan fingerprint density at radius 1 is 1.32 bits per heavy atom. The Morgan fingerprint density at radius 3 is 2.68 bits per heavy atom. The van der Waals surface area contributed by atoms with Crippen LogP contribution >= 0.6 is 0 Å². The minimum atomic E-state index is -3.99. The van der Waals surface area contributed by atoms with Crippen LogP contribution in [-0.2, 0) is 10.0 Å². The van der Waals surface area contributed by atoms with Crippen LogP contribution in [0.5, 0.6) is 0 Å². The van der Waals surface area contributed by atoms with Gasteiger partial charge in [0.15, 0.2) is 0 Å². The molecule has 0 saturated heterocycles. The van der Waals surface area contributed by atoms with E-state index >= 15 is 0 Å². The zero-order chi connectivity index (χ0) is 13.9. The molecule has 0 spiro atoms. The largest absolute Gasteiger partial charge is 0.472 e. The number of rotatable bonds is 5. The first-order valence-electron chi connectivity index (χ1n) is 5.45. The first kappa shape index (κ1) is 13.7. The second-order valence-electron chi connectivity index (χ2n) is 3.85. The maximum absolute atomic E-state index is 13.4. The highest BCUT2D eigenvalue weighted by molar-refractivity contribution is 7.89. The molecule has 0 aliphatic heterocycles. The van der Waals surface area contributed by atoms with Gasteiger partial charge in [-0.2, -0.15) is 0 Å². The van der Waals surface area contributed by atoms with Gasteiger partial charge in [0, 0.05) is 12.1 Å². The van der Waals surface area contributed by atoms with Crippen LogP contribution in [0.4, 0.5) is 4.39 Å². The number of aliphatic hydroxyl groups excluding tert-OH is 1. The van der Waals surface area contributed by atoms with Gasteiger partial charge in [0.25, 0.3) is 0 Å². The Hall–Kier alpha value is -1.70. The number of hydrogen-bond acceptors (Lipinski definition) is 4. The third-order valence-corrected chi connectivity index (χ3v) is 3.98. The first-order chi connectivity index (χ1) is 9.00. The van der Waals surface area contributed by atoms with Gasteiger partial charge in [-0.15, -0.1) is 0 Å². The van der Waals surface area contributed by atoms with Crippen LogP contribution in [-0.4, -0.2) is 20.1 Å². The van der Waals surface area contributed by atoms with Crippen molar-refractivity contribution in [1.82, 2.24) is 4.72 Å². The Bertz CT molecular complexity index is 640. The standard InChI is InChI=1S/C12H12FNO4S/c13-10-3-1-2-4-12(10)19(16,17)14-7-11(15)9-5-6-18-8-9/h1-6,8,11,14-15H,7H2/t11-/m1/s1. The van der Waals surface area contributed by atoms with E-state index in [0.29, 0.717) is 5.56 Å². The Balaban J connectivity index is 2.09. The molecule has 0 unspecified atom stereocenters. The lowest BCUT2D eigenvalue weighted by Gasteiger charge is -2.11. The van der Waals surface area contributed by atoms with Crippen LogP contribution in [0.2, 0.25) is 0 Å². The zero-order valence-corrected chi connectivity index (χ0v) is 10.6. The summed E-state index contributed by atoms with van der Waals surface area (Å²) in [7, 11) is -3.99. The molecule has 1 aromatic carbocycles. The van der Waals surface area contributed by atoms with Crippen molar-refractivity contribution >= 4 is 10.0 Å². The second-order valence-corrected chi connectivity index (χ2v) is 5.59. The number of nitrogens with one attached hydrogen (secondary N) is 1. The third kappa shape index (κ3) is 3.19. The third-order valence-electron chi connectivity index (χ3n) is 2.52. The van der Waals surface area contributed by atoms with Gasteiger partial charge >= 0.3 is 0 Å². The lowest BCUT2D eigenvalue weighted by atomic mass is 10.2. The number of halogens is 1. The molecule has 0 amide bonds. The van der Waals surface area contributed by atoms with Crippen LogP contribution in [0.15, 0.2) is 52.2 Å². The van der Waals surface area contributed by atoms with Gasteiger partial charge in [-0.3, -0.25) is 0 Å². The van der Waals surface area contributed by atoms with Crippen LogP contribution in [0.1, 0.15) is 11.7 Å². The van der Waals surface area contributed by atoms with Crippen molar-refractivity contribution in [3.05, 3.63) is 54.2 Å². The van der Waals surface area contributed by atoms with Gasteiger partial charge in [0.1, 0.15) is 10.7 Å². The molecule has 5 nitrogen and oxygen atoms in total. The molecule has 7 heteroatoms. The van der Waals surface area contributed by atoms with Gasteiger partial charge in [-0.25, -0.2) is 17.5 Å². The average molecular weight is 285 g/mol. The molecule has 0 saturated carbocycles. The van der Waals surface area contributed by atoms with E-state index in [-0.39, 0.29) is 6.54 Å². The number of hydrogen-bond donors (Lipinski definition) is 2. The smallest absolute Gasteiger partial charge is 0.243 e. The fraction of sp³-hybridized carbons (Fsp3) is 0.167. The van der Waals surface area contributed by atoms with Gasteiger partial charge in [-0.1, -0.05) is 12.1 Å². The molecular formula is C12H12FNO4S.